The van der Waals surface area contributed by atoms with Crippen LogP contribution in [0.15, 0.2) is 91.0 Å². The molecular formula is C17H17ClHf. The molecule has 0 spiro atoms. The first-order valence-corrected chi connectivity index (χ1v) is 5.60. The fourth-order valence-corrected chi connectivity index (χ4v) is 1.12. The van der Waals surface area contributed by atoms with Gasteiger partial charge >= 0.3 is 25.8 Å². The number of hydrogen-bond acceptors (Lipinski definition) is 0. The fourth-order valence-electron chi connectivity index (χ4n) is 1.12. The summed E-state index contributed by atoms with van der Waals surface area (Å²) in [5.74, 6) is 0. The average molecular weight is 435 g/mol. The Morgan fingerprint density at radius 2 is 1.00 bits per heavy atom. The molecule has 0 fully saturated rings. The molecule has 0 atom stereocenters. The van der Waals surface area contributed by atoms with Crippen LogP contribution in [0.5, 0.6) is 0 Å². The Kier molecular flexibility index (Phi) is 16.0. The summed E-state index contributed by atoms with van der Waals surface area (Å²) >= 11 is 0. The molecule has 0 aromatic heterocycles. The van der Waals surface area contributed by atoms with Gasteiger partial charge < -0.3 is 12.4 Å². The molecule has 0 amide bonds. The third-order valence-corrected chi connectivity index (χ3v) is 1.95. The van der Waals surface area contributed by atoms with E-state index in [1.807, 2.05) is 91.0 Å². The Balaban J connectivity index is 0. The van der Waals surface area contributed by atoms with E-state index in [2.05, 4.69) is 6.92 Å². The summed E-state index contributed by atoms with van der Waals surface area (Å²) in [6.45, 7) is 3.72. The van der Waals surface area contributed by atoms with Gasteiger partial charge in [-0.2, -0.15) is 61.0 Å². The minimum absolute atomic E-state index is 0. The summed E-state index contributed by atoms with van der Waals surface area (Å²) in [7, 11) is 0. The van der Waals surface area contributed by atoms with Crippen LogP contribution in [-0.4, -0.2) is 0 Å². The second-order valence-electron chi connectivity index (χ2n) is 3.41. The van der Waals surface area contributed by atoms with E-state index in [9.17, 15) is 0 Å². The first-order valence-electron chi connectivity index (χ1n) is 5.60. The summed E-state index contributed by atoms with van der Waals surface area (Å²) in [6, 6.07) is 29.9. The topological polar surface area (TPSA) is 0 Å². The molecule has 2 heteroatoms. The Labute approximate surface area is 141 Å². The normalized spacial score (nSPS) is 7.37. The molecule has 0 aliphatic rings. The second-order valence-corrected chi connectivity index (χ2v) is 3.41. The molecule has 0 aliphatic carbocycles. The Morgan fingerprint density at radius 3 is 1.16 bits per heavy atom. The molecule has 0 bridgehead atoms. The van der Waals surface area contributed by atoms with E-state index < -0.39 is 0 Å². The number of rotatable bonds is 0. The second kappa shape index (κ2) is 15.0. The van der Waals surface area contributed by atoms with Crippen molar-refractivity contribution in [1.29, 1.82) is 0 Å². The number of benzene rings is 1. The number of hydrogen-bond donors (Lipinski definition) is 0. The van der Waals surface area contributed by atoms with Crippen molar-refractivity contribution in [3.63, 3.8) is 0 Å². The molecule has 19 heavy (non-hydrogen) atoms. The molecule has 0 heterocycles. The van der Waals surface area contributed by atoms with Crippen molar-refractivity contribution >= 4 is 0 Å². The first-order chi connectivity index (χ1) is 8.39. The van der Waals surface area contributed by atoms with Gasteiger partial charge in [0.25, 0.3) is 0 Å². The fraction of sp³-hybridized carbons (Fsp3) is 0. The molecule has 0 N–H and O–H groups in total. The van der Waals surface area contributed by atoms with Crippen molar-refractivity contribution in [3.05, 3.63) is 103 Å². The van der Waals surface area contributed by atoms with E-state index in [1.165, 1.54) is 0 Å². The summed E-state index contributed by atoms with van der Waals surface area (Å²) in [5.41, 5.74) is 1.07. The molecule has 0 unspecified atom stereocenters. The standard InChI is InChI=1S/C7H7.2C5H5.ClH.Hf/c1-7-5-3-2-4-6-7;2*1-2-4-5-3-1;;/h2-6H,1H2;2*1-5H;1H;/q3*-1;;+4/p-1. The van der Waals surface area contributed by atoms with Crippen LogP contribution < -0.4 is 12.4 Å². The third kappa shape index (κ3) is 13.2. The molecule has 0 radical (unpaired) electrons. The van der Waals surface area contributed by atoms with Crippen molar-refractivity contribution in [2.45, 2.75) is 0 Å². The van der Waals surface area contributed by atoms with Crippen molar-refractivity contribution in [2.24, 2.45) is 0 Å². The van der Waals surface area contributed by atoms with Crippen LogP contribution in [0.2, 0.25) is 0 Å². The summed E-state index contributed by atoms with van der Waals surface area (Å²) in [5, 5.41) is 0. The molecule has 0 saturated heterocycles. The summed E-state index contributed by atoms with van der Waals surface area (Å²) in [6.07, 6.45) is 0. The minimum atomic E-state index is 0. The molecule has 3 rings (SSSR count). The maximum Gasteiger partial charge on any atom is 4.00 e. The van der Waals surface area contributed by atoms with Crippen molar-refractivity contribution in [3.8, 4) is 0 Å². The van der Waals surface area contributed by atoms with E-state index >= 15 is 0 Å². The van der Waals surface area contributed by atoms with Gasteiger partial charge in [0.05, 0.1) is 0 Å². The molecular weight excluding hydrogens is 418 g/mol. The van der Waals surface area contributed by atoms with Crippen molar-refractivity contribution in [1.82, 2.24) is 0 Å². The predicted molar refractivity (Wildman–Crippen MR) is 75.0 cm³/mol. The molecule has 3 aromatic rings. The zero-order valence-corrected chi connectivity index (χ0v) is 15.1. The van der Waals surface area contributed by atoms with Crippen molar-refractivity contribution < 1.29 is 38.3 Å². The van der Waals surface area contributed by atoms with Gasteiger partial charge in [-0.25, -0.2) is 24.3 Å². The smallest absolute Gasteiger partial charge is 1.00 e. The van der Waals surface area contributed by atoms with Gasteiger partial charge in [-0.05, 0) is 0 Å². The average Bonchev–Trinajstić information content (AvgIpc) is 3.09. The third-order valence-electron chi connectivity index (χ3n) is 1.95. The Bertz CT molecular complexity index is 369. The molecule has 0 saturated carbocycles. The quantitative estimate of drug-likeness (QED) is 0.373. The van der Waals surface area contributed by atoms with Gasteiger partial charge in [0, 0.05) is 0 Å². The van der Waals surface area contributed by atoms with E-state index in [1.54, 1.807) is 0 Å². The zero-order chi connectivity index (χ0) is 12.2. The van der Waals surface area contributed by atoms with Crippen LogP contribution in [0, 0.1) is 6.92 Å². The molecule has 0 aliphatic heterocycles. The molecule has 3 aromatic carbocycles. The van der Waals surface area contributed by atoms with E-state index in [4.69, 9.17) is 0 Å². The predicted octanol–water partition coefficient (Wildman–Crippen LogP) is 1.68. The van der Waals surface area contributed by atoms with Gasteiger partial charge in [-0.1, -0.05) is 6.07 Å². The molecule has 0 nitrogen and oxygen atoms in total. The molecule has 96 valence electrons. The van der Waals surface area contributed by atoms with Crippen molar-refractivity contribution in [2.75, 3.05) is 0 Å². The van der Waals surface area contributed by atoms with Crippen LogP contribution in [0.4, 0.5) is 0 Å². The SMILES string of the molecule is [CH2-]c1ccccc1.[Cl-].[Hf+4].c1cc[cH-]c1.c1cc[cH-]c1. The number of halogens is 1. The van der Waals surface area contributed by atoms with Gasteiger partial charge in [0.15, 0.2) is 0 Å². The summed E-state index contributed by atoms with van der Waals surface area (Å²) < 4.78 is 0. The Hall–Kier alpha value is -1.05. The monoisotopic (exact) mass is 436 g/mol. The van der Waals surface area contributed by atoms with Crippen LogP contribution >= 0.6 is 0 Å². The zero-order valence-electron chi connectivity index (χ0n) is 10.7. The van der Waals surface area contributed by atoms with Gasteiger partial charge in [0.1, 0.15) is 0 Å². The minimum Gasteiger partial charge on any atom is -1.00 e. The van der Waals surface area contributed by atoms with Gasteiger partial charge in [0.2, 0.25) is 0 Å². The van der Waals surface area contributed by atoms with E-state index in [0.717, 1.165) is 5.56 Å². The van der Waals surface area contributed by atoms with Crippen LogP contribution in [-0.2, 0) is 25.8 Å². The maximum absolute atomic E-state index is 3.72. The van der Waals surface area contributed by atoms with Crippen LogP contribution in [0.1, 0.15) is 5.56 Å². The van der Waals surface area contributed by atoms with Gasteiger partial charge in [-0.15, -0.1) is 12.1 Å². The van der Waals surface area contributed by atoms with Crippen LogP contribution in [0.25, 0.3) is 0 Å². The largest absolute Gasteiger partial charge is 4.00 e. The van der Waals surface area contributed by atoms with Crippen LogP contribution in [0.3, 0.4) is 0 Å². The van der Waals surface area contributed by atoms with E-state index in [0.29, 0.717) is 0 Å². The van der Waals surface area contributed by atoms with E-state index in [-0.39, 0.29) is 38.3 Å². The van der Waals surface area contributed by atoms with Gasteiger partial charge in [-0.3, -0.25) is 0 Å². The summed E-state index contributed by atoms with van der Waals surface area (Å²) in [4.78, 5) is 0. The Morgan fingerprint density at radius 1 is 0.632 bits per heavy atom. The first kappa shape index (κ1) is 20.3. The maximum atomic E-state index is 3.72.